The summed E-state index contributed by atoms with van der Waals surface area (Å²) in [6.07, 6.45) is 8.33. The fourth-order valence-corrected chi connectivity index (χ4v) is 4.03. The minimum Gasteiger partial charge on any atom is -0.378 e. The van der Waals surface area contributed by atoms with E-state index in [1.54, 1.807) is 0 Å². The van der Waals surface area contributed by atoms with Crippen LogP contribution in [0.4, 0.5) is 0 Å². The van der Waals surface area contributed by atoms with Gasteiger partial charge in [0.05, 0.1) is 21.3 Å². The van der Waals surface area contributed by atoms with E-state index in [1.807, 2.05) is 4.90 Å². The molecule has 116 valence electrons. The SMILES string of the molecule is CCCCCCC=C(C(=O)N1CCOCC1)[Si](C)(C)C. The lowest BCUT2D eigenvalue weighted by Crippen LogP contribution is -2.45. The van der Waals surface area contributed by atoms with Crippen molar-refractivity contribution in [2.75, 3.05) is 26.3 Å². The smallest absolute Gasteiger partial charge is 0.245 e. The van der Waals surface area contributed by atoms with E-state index in [0.717, 1.165) is 24.7 Å². The molecule has 0 atom stereocenters. The van der Waals surface area contributed by atoms with Gasteiger partial charge in [-0.2, -0.15) is 0 Å². The first-order chi connectivity index (χ1) is 9.46. The molecule has 1 fully saturated rings. The fraction of sp³-hybridized carbons (Fsp3) is 0.812. The number of morpholine rings is 1. The number of allylic oxidation sites excluding steroid dienone is 1. The molecule has 1 heterocycles. The van der Waals surface area contributed by atoms with Crippen molar-refractivity contribution in [2.24, 2.45) is 0 Å². The van der Waals surface area contributed by atoms with Crippen LogP contribution in [-0.2, 0) is 9.53 Å². The predicted octanol–water partition coefficient (Wildman–Crippen LogP) is 3.62. The maximum Gasteiger partial charge on any atom is 0.245 e. The molecular formula is C16H31NO2Si. The number of amides is 1. The molecule has 0 aromatic rings. The van der Waals surface area contributed by atoms with E-state index in [-0.39, 0.29) is 5.91 Å². The molecule has 3 nitrogen and oxygen atoms in total. The van der Waals surface area contributed by atoms with Crippen molar-refractivity contribution in [3.05, 3.63) is 11.3 Å². The van der Waals surface area contributed by atoms with Gasteiger partial charge in [0, 0.05) is 13.1 Å². The molecular weight excluding hydrogens is 266 g/mol. The number of rotatable bonds is 7. The van der Waals surface area contributed by atoms with E-state index < -0.39 is 8.07 Å². The summed E-state index contributed by atoms with van der Waals surface area (Å²) in [7, 11) is -1.57. The summed E-state index contributed by atoms with van der Waals surface area (Å²) < 4.78 is 5.34. The van der Waals surface area contributed by atoms with Gasteiger partial charge in [0.25, 0.3) is 0 Å². The third-order valence-corrected chi connectivity index (χ3v) is 5.78. The average molecular weight is 298 g/mol. The highest BCUT2D eigenvalue weighted by molar-refractivity contribution is 6.87. The standard InChI is InChI=1S/C16H31NO2Si/c1-5-6-7-8-9-10-15(20(2,3)4)16(18)17-11-13-19-14-12-17/h10H,5-9,11-14H2,1-4H3. The third kappa shape index (κ3) is 5.79. The summed E-state index contributed by atoms with van der Waals surface area (Å²) in [6, 6.07) is 0. The molecule has 1 saturated heterocycles. The number of hydrogen-bond acceptors (Lipinski definition) is 2. The van der Waals surface area contributed by atoms with E-state index in [2.05, 4.69) is 32.6 Å². The summed E-state index contributed by atoms with van der Waals surface area (Å²) in [6.45, 7) is 11.9. The van der Waals surface area contributed by atoms with Crippen LogP contribution in [0, 0.1) is 0 Å². The van der Waals surface area contributed by atoms with Crippen molar-refractivity contribution in [3.8, 4) is 0 Å². The minimum absolute atomic E-state index is 0.267. The molecule has 20 heavy (non-hydrogen) atoms. The zero-order valence-electron chi connectivity index (χ0n) is 13.7. The van der Waals surface area contributed by atoms with E-state index in [1.165, 1.54) is 25.7 Å². The van der Waals surface area contributed by atoms with Gasteiger partial charge in [-0.1, -0.05) is 51.9 Å². The second kappa shape index (κ2) is 8.62. The highest BCUT2D eigenvalue weighted by Gasteiger charge is 2.29. The molecule has 1 aliphatic heterocycles. The largest absolute Gasteiger partial charge is 0.378 e. The van der Waals surface area contributed by atoms with Gasteiger partial charge < -0.3 is 9.64 Å². The van der Waals surface area contributed by atoms with Crippen LogP contribution in [0.3, 0.4) is 0 Å². The van der Waals surface area contributed by atoms with Gasteiger partial charge in [0.15, 0.2) is 0 Å². The first-order valence-electron chi connectivity index (χ1n) is 8.04. The van der Waals surface area contributed by atoms with Crippen molar-refractivity contribution < 1.29 is 9.53 Å². The molecule has 0 bridgehead atoms. The molecule has 0 aromatic heterocycles. The molecule has 4 heteroatoms. The summed E-state index contributed by atoms with van der Waals surface area (Å²) in [5.74, 6) is 0.267. The molecule has 0 saturated carbocycles. The average Bonchev–Trinajstić information content (AvgIpc) is 2.42. The molecule has 0 aliphatic carbocycles. The predicted molar refractivity (Wildman–Crippen MR) is 87.6 cm³/mol. The molecule has 1 aliphatic rings. The van der Waals surface area contributed by atoms with Crippen LogP contribution in [-0.4, -0.2) is 45.2 Å². The van der Waals surface area contributed by atoms with Crippen molar-refractivity contribution >= 4 is 14.0 Å². The normalized spacial score (nSPS) is 17.4. The van der Waals surface area contributed by atoms with Crippen LogP contribution in [0.2, 0.25) is 19.6 Å². The van der Waals surface area contributed by atoms with Crippen LogP contribution in [0.1, 0.15) is 39.0 Å². The van der Waals surface area contributed by atoms with Gasteiger partial charge in [0.2, 0.25) is 5.91 Å². The summed E-state index contributed by atoms with van der Waals surface area (Å²) in [5, 5.41) is 1.11. The minimum atomic E-state index is -1.57. The van der Waals surface area contributed by atoms with Crippen LogP contribution < -0.4 is 0 Å². The number of ether oxygens (including phenoxy) is 1. The molecule has 0 N–H and O–H groups in total. The highest BCUT2D eigenvalue weighted by atomic mass is 28.3. The second-order valence-corrected chi connectivity index (χ2v) is 11.7. The van der Waals surface area contributed by atoms with Gasteiger partial charge >= 0.3 is 0 Å². The number of unbranched alkanes of at least 4 members (excludes halogenated alkanes) is 4. The Morgan fingerprint density at radius 2 is 1.80 bits per heavy atom. The molecule has 1 rings (SSSR count). The van der Waals surface area contributed by atoms with Crippen LogP contribution >= 0.6 is 0 Å². The zero-order valence-corrected chi connectivity index (χ0v) is 14.7. The lowest BCUT2D eigenvalue weighted by atomic mass is 10.1. The number of hydrogen-bond donors (Lipinski definition) is 0. The van der Waals surface area contributed by atoms with Gasteiger partial charge in [-0.05, 0) is 18.0 Å². The molecule has 0 spiro atoms. The Morgan fingerprint density at radius 3 is 2.35 bits per heavy atom. The Kier molecular flexibility index (Phi) is 7.52. The van der Waals surface area contributed by atoms with Crippen LogP contribution in [0.5, 0.6) is 0 Å². The van der Waals surface area contributed by atoms with Crippen molar-refractivity contribution in [1.29, 1.82) is 0 Å². The van der Waals surface area contributed by atoms with Crippen molar-refractivity contribution in [1.82, 2.24) is 4.90 Å². The van der Waals surface area contributed by atoms with E-state index in [0.29, 0.717) is 13.2 Å². The van der Waals surface area contributed by atoms with Crippen molar-refractivity contribution in [2.45, 2.75) is 58.7 Å². The van der Waals surface area contributed by atoms with Crippen LogP contribution in [0.15, 0.2) is 11.3 Å². The van der Waals surface area contributed by atoms with E-state index in [4.69, 9.17) is 4.74 Å². The monoisotopic (exact) mass is 297 g/mol. The third-order valence-electron chi connectivity index (χ3n) is 3.74. The molecule has 0 radical (unpaired) electrons. The maximum absolute atomic E-state index is 12.7. The zero-order chi connectivity index (χ0) is 15.0. The summed E-state index contributed by atoms with van der Waals surface area (Å²) in [4.78, 5) is 14.7. The Hall–Kier alpha value is -0.613. The quantitative estimate of drug-likeness (QED) is 0.408. The Labute approximate surface area is 125 Å². The maximum atomic E-state index is 12.7. The Balaban J connectivity index is 2.63. The summed E-state index contributed by atoms with van der Waals surface area (Å²) >= 11 is 0. The lowest BCUT2D eigenvalue weighted by molar-refractivity contribution is -0.130. The molecule has 0 aromatic carbocycles. The highest BCUT2D eigenvalue weighted by Crippen LogP contribution is 2.20. The number of carbonyl (C=O) groups is 1. The van der Waals surface area contributed by atoms with E-state index >= 15 is 0 Å². The Bertz CT molecular complexity index is 328. The van der Waals surface area contributed by atoms with E-state index in [9.17, 15) is 4.79 Å². The fourth-order valence-electron chi connectivity index (χ4n) is 2.47. The van der Waals surface area contributed by atoms with Gasteiger partial charge in [-0.25, -0.2) is 0 Å². The second-order valence-electron chi connectivity index (χ2n) is 6.62. The lowest BCUT2D eigenvalue weighted by Gasteiger charge is -2.31. The van der Waals surface area contributed by atoms with Crippen molar-refractivity contribution in [3.63, 3.8) is 0 Å². The molecule has 1 amide bonds. The first-order valence-corrected chi connectivity index (χ1v) is 11.5. The van der Waals surface area contributed by atoms with Gasteiger partial charge in [0.1, 0.15) is 0 Å². The summed E-state index contributed by atoms with van der Waals surface area (Å²) in [5.41, 5.74) is 0. The number of carbonyl (C=O) groups excluding carboxylic acids is 1. The number of nitrogens with zero attached hydrogens (tertiary/aromatic N) is 1. The Morgan fingerprint density at radius 1 is 1.15 bits per heavy atom. The topological polar surface area (TPSA) is 29.5 Å². The molecule has 0 unspecified atom stereocenters. The van der Waals surface area contributed by atoms with Gasteiger partial charge in [-0.15, -0.1) is 0 Å². The first kappa shape index (κ1) is 17.4. The van der Waals surface area contributed by atoms with Gasteiger partial charge in [-0.3, -0.25) is 4.79 Å². The van der Waals surface area contributed by atoms with Crippen LogP contribution in [0.25, 0.3) is 0 Å².